The molecule has 4 rings (SSSR count). The fourth-order valence-corrected chi connectivity index (χ4v) is 2.88. The third-order valence-electron chi connectivity index (χ3n) is 4.33. The van der Waals surface area contributed by atoms with Gasteiger partial charge in [0.15, 0.2) is 0 Å². The van der Waals surface area contributed by atoms with Gasteiger partial charge >= 0.3 is 0 Å². The van der Waals surface area contributed by atoms with Gasteiger partial charge in [-0.3, -0.25) is 0 Å². The summed E-state index contributed by atoms with van der Waals surface area (Å²) in [6, 6.07) is 20.0. The number of aryl methyl sites for hydroxylation is 2. The van der Waals surface area contributed by atoms with Crippen LogP contribution in [0.15, 0.2) is 65.2 Å². The largest absolute Gasteiger partial charge is 0.480 e. The summed E-state index contributed by atoms with van der Waals surface area (Å²) in [6.07, 6.45) is 0. The van der Waals surface area contributed by atoms with Crippen molar-refractivity contribution in [3.63, 3.8) is 0 Å². The van der Waals surface area contributed by atoms with Crippen LogP contribution in [-0.2, 0) is 0 Å². The Morgan fingerprint density at radius 3 is 2.37 bits per heavy atom. The standard InChI is InChI=1S/C22H19N3O2/c1-14-7-9-16(10-8-14)19-12-11-18(22(23-19)26-3)20-24-21(27-25-20)17-6-4-5-15(2)13-17/h4-13H,1-3H3. The number of nitrogens with zero attached hydrogens (tertiary/aromatic N) is 3. The van der Waals surface area contributed by atoms with E-state index in [0.717, 1.165) is 22.4 Å². The lowest BCUT2D eigenvalue weighted by molar-refractivity contribution is 0.398. The molecule has 0 aliphatic carbocycles. The van der Waals surface area contributed by atoms with Crippen LogP contribution in [0.5, 0.6) is 5.88 Å². The van der Waals surface area contributed by atoms with Gasteiger partial charge in [0.05, 0.1) is 18.4 Å². The lowest BCUT2D eigenvalue weighted by Gasteiger charge is -2.07. The van der Waals surface area contributed by atoms with Crippen molar-refractivity contribution >= 4 is 0 Å². The van der Waals surface area contributed by atoms with Crippen LogP contribution in [0.1, 0.15) is 11.1 Å². The maximum Gasteiger partial charge on any atom is 0.258 e. The normalized spacial score (nSPS) is 10.8. The Morgan fingerprint density at radius 2 is 1.63 bits per heavy atom. The van der Waals surface area contributed by atoms with Gasteiger partial charge in [-0.1, -0.05) is 52.7 Å². The molecule has 0 radical (unpaired) electrons. The second-order valence-corrected chi connectivity index (χ2v) is 6.41. The zero-order valence-corrected chi connectivity index (χ0v) is 15.4. The predicted molar refractivity (Wildman–Crippen MR) is 104 cm³/mol. The molecule has 2 aromatic carbocycles. The van der Waals surface area contributed by atoms with E-state index >= 15 is 0 Å². The Bertz CT molecular complexity index is 1080. The highest BCUT2D eigenvalue weighted by Crippen LogP contribution is 2.31. The topological polar surface area (TPSA) is 61.0 Å². The van der Waals surface area contributed by atoms with E-state index in [-0.39, 0.29) is 0 Å². The zero-order chi connectivity index (χ0) is 18.8. The monoisotopic (exact) mass is 357 g/mol. The average Bonchev–Trinajstić information content (AvgIpc) is 3.18. The number of hydrogen-bond acceptors (Lipinski definition) is 5. The molecule has 0 N–H and O–H groups in total. The fraction of sp³-hybridized carbons (Fsp3) is 0.136. The molecular formula is C22H19N3O2. The molecule has 0 atom stereocenters. The number of benzene rings is 2. The SMILES string of the molecule is COc1nc(-c2ccc(C)cc2)ccc1-c1noc(-c2cccc(C)c2)n1. The Balaban J connectivity index is 1.71. The van der Waals surface area contributed by atoms with E-state index in [2.05, 4.69) is 34.2 Å². The molecule has 5 nitrogen and oxygen atoms in total. The highest BCUT2D eigenvalue weighted by atomic mass is 16.5. The van der Waals surface area contributed by atoms with Gasteiger partial charge in [-0.15, -0.1) is 0 Å². The van der Waals surface area contributed by atoms with Crippen LogP contribution in [0.3, 0.4) is 0 Å². The molecule has 0 spiro atoms. The maximum absolute atomic E-state index is 5.49. The summed E-state index contributed by atoms with van der Waals surface area (Å²) < 4.78 is 10.9. The minimum Gasteiger partial charge on any atom is -0.480 e. The molecule has 2 aromatic heterocycles. The third kappa shape index (κ3) is 3.44. The first-order chi connectivity index (χ1) is 13.1. The zero-order valence-electron chi connectivity index (χ0n) is 15.4. The Labute approximate surface area is 157 Å². The van der Waals surface area contributed by atoms with Gasteiger partial charge in [0.2, 0.25) is 11.7 Å². The van der Waals surface area contributed by atoms with Crippen molar-refractivity contribution < 1.29 is 9.26 Å². The van der Waals surface area contributed by atoms with Crippen LogP contribution >= 0.6 is 0 Å². The molecule has 134 valence electrons. The quantitative estimate of drug-likeness (QED) is 0.509. The summed E-state index contributed by atoms with van der Waals surface area (Å²) in [6.45, 7) is 4.08. The summed E-state index contributed by atoms with van der Waals surface area (Å²) in [7, 11) is 1.59. The van der Waals surface area contributed by atoms with Crippen molar-refractivity contribution in [2.45, 2.75) is 13.8 Å². The van der Waals surface area contributed by atoms with Crippen molar-refractivity contribution in [1.29, 1.82) is 0 Å². The smallest absolute Gasteiger partial charge is 0.258 e. The minimum atomic E-state index is 0.450. The summed E-state index contributed by atoms with van der Waals surface area (Å²) in [5.74, 6) is 1.38. The molecule has 2 heterocycles. The van der Waals surface area contributed by atoms with Gasteiger partial charge in [0.25, 0.3) is 5.89 Å². The first-order valence-corrected chi connectivity index (χ1v) is 8.67. The number of rotatable bonds is 4. The molecular weight excluding hydrogens is 338 g/mol. The first-order valence-electron chi connectivity index (χ1n) is 8.67. The molecule has 0 aliphatic rings. The number of ether oxygens (including phenoxy) is 1. The van der Waals surface area contributed by atoms with Crippen LogP contribution in [0.4, 0.5) is 0 Å². The molecule has 0 saturated heterocycles. The number of pyridine rings is 1. The molecule has 0 aliphatic heterocycles. The van der Waals surface area contributed by atoms with E-state index in [4.69, 9.17) is 9.26 Å². The summed E-state index contributed by atoms with van der Waals surface area (Å²) >= 11 is 0. The Hall–Kier alpha value is -3.47. The van der Waals surface area contributed by atoms with E-state index in [9.17, 15) is 0 Å². The summed E-state index contributed by atoms with van der Waals surface area (Å²) in [5, 5.41) is 4.11. The van der Waals surface area contributed by atoms with Crippen molar-refractivity contribution in [3.05, 3.63) is 71.8 Å². The molecule has 5 heteroatoms. The molecule has 27 heavy (non-hydrogen) atoms. The number of methoxy groups -OCH3 is 1. The van der Waals surface area contributed by atoms with Crippen molar-refractivity contribution in [2.24, 2.45) is 0 Å². The maximum atomic E-state index is 5.49. The molecule has 0 saturated carbocycles. The van der Waals surface area contributed by atoms with Crippen LogP contribution in [0.25, 0.3) is 34.1 Å². The summed E-state index contributed by atoms with van der Waals surface area (Å²) in [5.41, 5.74) is 5.77. The molecule has 0 bridgehead atoms. The van der Waals surface area contributed by atoms with Crippen LogP contribution in [0, 0.1) is 13.8 Å². The third-order valence-corrected chi connectivity index (χ3v) is 4.33. The van der Waals surface area contributed by atoms with Gasteiger partial charge in [0, 0.05) is 11.1 Å². The van der Waals surface area contributed by atoms with Crippen molar-refractivity contribution in [3.8, 4) is 40.0 Å². The Morgan fingerprint density at radius 1 is 0.815 bits per heavy atom. The summed E-state index contributed by atoms with van der Waals surface area (Å²) in [4.78, 5) is 9.14. The van der Waals surface area contributed by atoms with Crippen LogP contribution in [0.2, 0.25) is 0 Å². The molecule has 0 amide bonds. The van der Waals surface area contributed by atoms with E-state index in [0.29, 0.717) is 23.2 Å². The second kappa shape index (κ2) is 7.03. The molecule has 0 unspecified atom stereocenters. The highest BCUT2D eigenvalue weighted by Gasteiger charge is 2.16. The Kier molecular flexibility index (Phi) is 4.42. The van der Waals surface area contributed by atoms with Crippen molar-refractivity contribution in [2.75, 3.05) is 7.11 Å². The van der Waals surface area contributed by atoms with Gasteiger partial charge in [-0.05, 0) is 38.1 Å². The van der Waals surface area contributed by atoms with Gasteiger partial charge < -0.3 is 9.26 Å². The average molecular weight is 357 g/mol. The van der Waals surface area contributed by atoms with E-state index < -0.39 is 0 Å². The van der Waals surface area contributed by atoms with Crippen LogP contribution in [-0.4, -0.2) is 22.2 Å². The van der Waals surface area contributed by atoms with Crippen molar-refractivity contribution in [1.82, 2.24) is 15.1 Å². The first kappa shape index (κ1) is 17.0. The fourth-order valence-electron chi connectivity index (χ4n) is 2.88. The molecule has 0 fully saturated rings. The second-order valence-electron chi connectivity index (χ2n) is 6.41. The van der Waals surface area contributed by atoms with Gasteiger partial charge in [-0.25, -0.2) is 4.98 Å². The number of aromatic nitrogens is 3. The predicted octanol–water partition coefficient (Wildman–Crippen LogP) is 5.09. The minimum absolute atomic E-state index is 0.450. The lowest BCUT2D eigenvalue weighted by Crippen LogP contribution is -1.95. The lowest BCUT2D eigenvalue weighted by atomic mass is 10.1. The van der Waals surface area contributed by atoms with Gasteiger partial charge in [0.1, 0.15) is 0 Å². The highest BCUT2D eigenvalue weighted by molar-refractivity contribution is 5.69. The van der Waals surface area contributed by atoms with Gasteiger partial charge in [-0.2, -0.15) is 4.98 Å². The van der Waals surface area contributed by atoms with E-state index in [1.54, 1.807) is 7.11 Å². The molecule has 4 aromatic rings. The van der Waals surface area contributed by atoms with E-state index in [1.807, 2.05) is 55.5 Å². The number of hydrogen-bond donors (Lipinski definition) is 0. The van der Waals surface area contributed by atoms with E-state index in [1.165, 1.54) is 5.56 Å². The van der Waals surface area contributed by atoms with Crippen LogP contribution < -0.4 is 4.74 Å².